The number of rotatable bonds is 6. The minimum atomic E-state index is -0.670. The van der Waals surface area contributed by atoms with Crippen LogP contribution in [0.4, 0.5) is 5.69 Å². The van der Waals surface area contributed by atoms with E-state index in [1.165, 1.54) is 0 Å². The minimum Gasteiger partial charge on any atom is -0.350 e. The third-order valence-corrected chi connectivity index (χ3v) is 6.21. The van der Waals surface area contributed by atoms with Crippen LogP contribution in [-0.4, -0.2) is 34.8 Å². The van der Waals surface area contributed by atoms with E-state index in [1.54, 1.807) is 15.9 Å². The molecule has 0 spiro atoms. The molecule has 2 aliphatic rings. The summed E-state index contributed by atoms with van der Waals surface area (Å²) in [4.78, 5) is 41.8. The highest BCUT2D eigenvalue weighted by Gasteiger charge is 2.52. The smallest absolute Gasteiger partial charge is 0.257 e. The van der Waals surface area contributed by atoms with Gasteiger partial charge < -0.3 is 10.2 Å². The minimum absolute atomic E-state index is 0.0388. The Bertz CT molecular complexity index is 975. The first-order valence-electron chi connectivity index (χ1n) is 10.5. The maximum Gasteiger partial charge on any atom is 0.257 e. The molecule has 2 unspecified atom stereocenters. The molecule has 1 saturated heterocycles. The van der Waals surface area contributed by atoms with E-state index in [4.69, 9.17) is 0 Å². The molecule has 6 heteroatoms. The number of carbonyl (C=O) groups is 3. The van der Waals surface area contributed by atoms with Crippen LogP contribution in [0.15, 0.2) is 54.6 Å². The molecule has 2 atom stereocenters. The third kappa shape index (κ3) is 3.47. The lowest BCUT2D eigenvalue weighted by Crippen LogP contribution is -2.62. The van der Waals surface area contributed by atoms with Crippen molar-refractivity contribution in [1.82, 2.24) is 10.2 Å². The van der Waals surface area contributed by atoms with Crippen molar-refractivity contribution in [3.63, 3.8) is 0 Å². The van der Waals surface area contributed by atoms with Gasteiger partial charge in [-0.15, -0.1) is 0 Å². The van der Waals surface area contributed by atoms with Gasteiger partial charge in [-0.2, -0.15) is 0 Å². The number of carbonyl (C=O) groups excluding carboxylic acids is 3. The van der Waals surface area contributed by atoms with Gasteiger partial charge in [0.15, 0.2) is 0 Å². The second-order valence-electron chi connectivity index (χ2n) is 8.22. The van der Waals surface area contributed by atoms with E-state index in [9.17, 15) is 14.4 Å². The van der Waals surface area contributed by atoms with Crippen LogP contribution in [0.3, 0.4) is 0 Å². The summed E-state index contributed by atoms with van der Waals surface area (Å²) < 4.78 is 0. The molecule has 2 aromatic rings. The molecule has 0 radical (unpaired) electrons. The molecule has 2 aromatic carbocycles. The molecule has 0 aromatic heterocycles. The van der Waals surface area contributed by atoms with Crippen LogP contribution in [-0.2, 0) is 9.59 Å². The lowest BCUT2D eigenvalue weighted by Gasteiger charge is -2.48. The van der Waals surface area contributed by atoms with Crippen LogP contribution in [0, 0.1) is 0 Å². The Balaban J connectivity index is 1.42. The van der Waals surface area contributed by atoms with Gasteiger partial charge in [0.2, 0.25) is 11.8 Å². The Morgan fingerprint density at radius 3 is 2.57 bits per heavy atom. The lowest BCUT2D eigenvalue weighted by molar-refractivity contribution is -0.122. The lowest BCUT2D eigenvalue weighted by atomic mass is 9.98. The SMILES string of the molecule is CC(NC(=O)CCCN1C(=O)c2ccccc2N2C(=O)CCC12C)c1ccccc1. The molecule has 1 N–H and O–H groups in total. The summed E-state index contributed by atoms with van der Waals surface area (Å²) in [5.74, 6) is -0.0743. The zero-order valence-electron chi connectivity index (χ0n) is 17.4. The first-order chi connectivity index (χ1) is 14.4. The van der Waals surface area contributed by atoms with Crippen molar-refractivity contribution in [2.24, 2.45) is 0 Å². The van der Waals surface area contributed by atoms with Crippen LogP contribution in [0.1, 0.15) is 61.5 Å². The van der Waals surface area contributed by atoms with E-state index in [0.717, 1.165) is 5.56 Å². The van der Waals surface area contributed by atoms with E-state index >= 15 is 0 Å². The zero-order valence-corrected chi connectivity index (χ0v) is 17.4. The van der Waals surface area contributed by atoms with Crippen molar-refractivity contribution in [2.45, 2.75) is 51.2 Å². The Labute approximate surface area is 176 Å². The highest BCUT2D eigenvalue weighted by Crippen LogP contribution is 2.44. The molecule has 156 valence electrons. The standard InChI is InChI=1S/C24H27N3O3/c1-17(18-9-4-3-5-10-18)25-21(28)13-8-16-26-23(30)19-11-6-7-12-20(19)27-22(29)14-15-24(26,27)2/h3-7,9-12,17H,8,13-16H2,1-2H3,(H,25,28). The molecule has 2 aliphatic heterocycles. The van der Waals surface area contributed by atoms with Crippen LogP contribution in [0.25, 0.3) is 0 Å². The van der Waals surface area contributed by atoms with Crippen molar-refractivity contribution < 1.29 is 14.4 Å². The van der Waals surface area contributed by atoms with Gasteiger partial charge in [-0.1, -0.05) is 42.5 Å². The molecule has 0 saturated carbocycles. The zero-order chi connectivity index (χ0) is 21.3. The summed E-state index contributed by atoms with van der Waals surface area (Å²) in [7, 11) is 0. The summed E-state index contributed by atoms with van der Waals surface area (Å²) in [5.41, 5.74) is 1.63. The van der Waals surface area contributed by atoms with Gasteiger partial charge >= 0.3 is 0 Å². The average Bonchev–Trinajstić information content (AvgIpc) is 3.06. The Kier molecular flexibility index (Phi) is 5.33. The van der Waals surface area contributed by atoms with Gasteiger partial charge in [0.05, 0.1) is 17.3 Å². The second kappa shape index (κ2) is 7.94. The van der Waals surface area contributed by atoms with Crippen LogP contribution in [0.2, 0.25) is 0 Å². The summed E-state index contributed by atoms with van der Waals surface area (Å²) in [6.07, 6.45) is 1.89. The second-order valence-corrected chi connectivity index (χ2v) is 8.22. The number of anilines is 1. The predicted octanol–water partition coefficient (Wildman–Crippen LogP) is 3.64. The summed E-state index contributed by atoms with van der Waals surface area (Å²) in [5, 5.41) is 3.02. The number of benzene rings is 2. The highest BCUT2D eigenvalue weighted by atomic mass is 16.2. The van der Waals surface area contributed by atoms with E-state index < -0.39 is 5.66 Å². The number of hydrogen-bond donors (Lipinski definition) is 1. The van der Waals surface area contributed by atoms with E-state index in [2.05, 4.69) is 5.32 Å². The van der Waals surface area contributed by atoms with Gasteiger partial charge in [0, 0.05) is 19.4 Å². The summed E-state index contributed by atoms with van der Waals surface area (Å²) >= 11 is 0. The molecule has 0 bridgehead atoms. The molecular formula is C24H27N3O3. The fourth-order valence-electron chi connectivity index (χ4n) is 4.58. The van der Waals surface area contributed by atoms with E-state index in [-0.39, 0.29) is 23.8 Å². The Morgan fingerprint density at radius 2 is 1.80 bits per heavy atom. The molecule has 30 heavy (non-hydrogen) atoms. The Morgan fingerprint density at radius 1 is 1.10 bits per heavy atom. The predicted molar refractivity (Wildman–Crippen MR) is 115 cm³/mol. The topological polar surface area (TPSA) is 69.7 Å². The highest BCUT2D eigenvalue weighted by molar-refractivity contribution is 6.10. The maximum absolute atomic E-state index is 13.2. The van der Waals surface area contributed by atoms with E-state index in [1.807, 2.05) is 62.4 Å². The number of fused-ring (bicyclic) bond motifs is 3. The number of para-hydroxylation sites is 1. The van der Waals surface area contributed by atoms with E-state index in [0.29, 0.717) is 43.5 Å². The van der Waals surface area contributed by atoms with Gasteiger partial charge in [-0.3, -0.25) is 19.3 Å². The first-order valence-corrected chi connectivity index (χ1v) is 10.5. The normalized spacial score (nSPS) is 21.3. The van der Waals surface area contributed by atoms with Crippen molar-refractivity contribution in [3.8, 4) is 0 Å². The fraction of sp³-hybridized carbons (Fsp3) is 0.375. The van der Waals surface area contributed by atoms with Crippen LogP contribution in [0.5, 0.6) is 0 Å². The number of nitrogens with zero attached hydrogens (tertiary/aromatic N) is 2. The molecule has 3 amide bonds. The summed E-state index contributed by atoms with van der Waals surface area (Å²) in [6.45, 7) is 4.34. The third-order valence-electron chi connectivity index (χ3n) is 6.21. The molecule has 1 fully saturated rings. The van der Waals surface area contributed by atoms with Crippen molar-refractivity contribution in [1.29, 1.82) is 0 Å². The molecule has 6 nitrogen and oxygen atoms in total. The van der Waals surface area contributed by atoms with Gasteiger partial charge in [0.1, 0.15) is 5.66 Å². The number of nitrogens with one attached hydrogen (secondary N) is 1. The monoisotopic (exact) mass is 405 g/mol. The van der Waals surface area contributed by atoms with Crippen molar-refractivity contribution >= 4 is 23.4 Å². The van der Waals surface area contributed by atoms with Gasteiger partial charge in [-0.05, 0) is 44.4 Å². The fourth-order valence-corrected chi connectivity index (χ4v) is 4.58. The van der Waals surface area contributed by atoms with Crippen molar-refractivity contribution in [2.75, 3.05) is 11.4 Å². The molecule has 2 heterocycles. The van der Waals surface area contributed by atoms with Gasteiger partial charge in [0.25, 0.3) is 5.91 Å². The quantitative estimate of drug-likeness (QED) is 0.798. The largest absolute Gasteiger partial charge is 0.350 e. The Hall–Kier alpha value is -3.15. The molecule has 0 aliphatic carbocycles. The number of amides is 3. The van der Waals surface area contributed by atoms with Crippen LogP contribution >= 0.6 is 0 Å². The first kappa shape index (κ1) is 20.1. The summed E-state index contributed by atoms with van der Waals surface area (Å²) in [6, 6.07) is 17.0. The number of hydrogen-bond acceptors (Lipinski definition) is 3. The maximum atomic E-state index is 13.2. The average molecular weight is 405 g/mol. The van der Waals surface area contributed by atoms with Crippen molar-refractivity contribution in [3.05, 3.63) is 65.7 Å². The molecule has 4 rings (SSSR count). The molecular weight excluding hydrogens is 378 g/mol. The van der Waals surface area contributed by atoms with Gasteiger partial charge in [-0.25, -0.2) is 0 Å². The van der Waals surface area contributed by atoms with Crippen LogP contribution < -0.4 is 10.2 Å².